The number of urea groups is 3. The topological polar surface area (TPSA) is 131 Å². The average Bonchev–Trinajstić information content (AvgIpc) is 2.76. The van der Waals surface area contributed by atoms with Crippen LogP contribution >= 0.6 is 11.6 Å². The standard InChI is InChI=1S/C22H24ClFN6O4/c1-13(2)34-18-8-7-16(11-17(18)24)27-20-28-21(32)29(10-9-26-19(25)31)22(33)30(20)12-14-3-5-15(23)6-4-14/h3-8,11,13H,9-10,12H2,1-2H3,(H3,25,26,31)(H,27,28,32)/p+1. The third kappa shape index (κ3) is 6.42. The lowest BCUT2D eigenvalue weighted by molar-refractivity contribution is -0.730. The molecule has 0 saturated carbocycles. The minimum atomic E-state index is -0.767. The Bertz CT molecular complexity index is 1110. The van der Waals surface area contributed by atoms with Crippen molar-refractivity contribution in [2.45, 2.75) is 26.5 Å². The summed E-state index contributed by atoms with van der Waals surface area (Å²) in [4.78, 5) is 42.3. The van der Waals surface area contributed by atoms with E-state index in [4.69, 9.17) is 22.1 Å². The van der Waals surface area contributed by atoms with E-state index < -0.39 is 23.9 Å². The molecule has 6 amide bonds. The summed E-state index contributed by atoms with van der Waals surface area (Å²) in [6.07, 6.45) is -0.213. The lowest BCUT2D eigenvalue weighted by Gasteiger charge is -2.30. The lowest BCUT2D eigenvalue weighted by Crippen LogP contribution is -3.22. The van der Waals surface area contributed by atoms with Crippen LogP contribution in [-0.4, -0.2) is 48.1 Å². The van der Waals surface area contributed by atoms with Gasteiger partial charge in [-0.15, -0.1) is 0 Å². The van der Waals surface area contributed by atoms with E-state index in [2.05, 4.69) is 15.6 Å². The van der Waals surface area contributed by atoms with Crippen LogP contribution in [0.25, 0.3) is 0 Å². The number of halogens is 2. The van der Waals surface area contributed by atoms with Gasteiger partial charge in [0.2, 0.25) is 5.96 Å². The van der Waals surface area contributed by atoms with Gasteiger partial charge in [-0.1, -0.05) is 23.7 Å². The molecule has 1 aliphatic heterocycles. The first-order valence-electron chi connectivity index (χ1n) is 10.5. The van der Waals surface area contributed by atoms with Crippen molar-refractivity contribution >= 4 is 41.3 Å². The van der Waals surface area contributed by atoms with E-state index in [0.29, 0.717) is 5.02 Å². The predicted octanol–water partition coefficient (Wildman–Crippen LogP) is 2.15. The van der Waals surface area contributed by atoms with Gasteiger partial charge in [-0.2, -0.15) is 4.90 Å². The molecule has 3 rings (SSSR count). The highest BCUT2D eigenvalue weighted by Gasteiger charge is 2.42. The summed E-state index contributed by atoms with van der Waals surface area (Å²) in [6.45, 7) is 3.59. The molecule has 180 valence electrons. The summed E-state index contributed by atoms with van der Waals surface area (Å²) in [5.74, 6) is -0.621. The zero-order valence-corrected chi connectivity index (χ0v) is 19.4. The Morgan fingerprint density at radius 3 is 2.59 bits per heavy atom. The van der Waals surface area contributed by atoms with E-state index in [9.17, 15) is 18.8 Å². The van der Waals surface area contributed by atoms with Crippen molar-refractivity contribution in [2.75, 3.05) is 13.1 Å². The van der Waals surface area contributed by atoms with E-state index in [1.165, 1.54) is 17.0 Å². The maximum absolute atomic E-state index is 14.4. The van der Waals surface area contributed by atoms with Crippen molar-refractivity contribution in [1.29, 1.82) is 0 Å². The van der Waals surface area contributed by atoms with Gasteiger partial charge < -0.3 is 15.8 Å². The Labute approximate surface area is 200 Å². The molecule has 0 aliphatic carbocycles. The van der Waals surface area contributed by atoms with Crippen LogP contribution in [-0.2, 0) is 6.54 Å². The van der Waals surface area contributed by atoms with Crippen molar-refractivity contribution in [3.63, 3.8) is 0 Å². The van der Waals surface area contributed by atoms with Crippen LogP contribution in [0.15, 0.2) is 47.5 Å². The first-order valence-corrected chi connectivity index (χ1v) is 10.8. The number of quaternary nitrogens is 1. The number of hydrogen-bond acceptors (Lipinski definition) is 5. The van der Waals surface area contributed by atoms with Crippen LogP contribution in [0.3, 0.4) is 0 Å². The van der Waals surface area contributed by atoms with Crippen molar-refractivity contribution < 1.29 is 28.4 Å². The highest BCUT2D eigenvalue weighted by Crippen LogP contribution is 2.24. The van der Waals surface area contributed by atoms with Gasteiger partial charge in [0.15, 0.2) is 11.6 Å². The zero-order valence-electron chi connectivity index (χ0n) is 18.6. The summed E-state index contributed by atoms with van der Waals surface area (Å²) in [5.41, 5.74) is 5.95. The van der Waals surface area contributed by atoms with Crippen molar-refractivity contribution in [3.8, 4) is 5.75 Å². The van der Waals surface area contributed by atoms with Crippen LogP contribution < -0.4 is 26.0 Å². The highest BCUT2D eigenvalue weighted by atomic mass is 35.5. The Hall–Kier alpha value is -3.70. The summed E-state index contributed by atoms with van der Waals surface area (Å²) in [7, 11) is 0. The quantitative estimate of drug-likeness (QED) is 0.450. The molecule has 34 heavy (non-hydrogen) atoms. The van der Waals surface area contributed by atoms with E-state index in [1.807, 2.05) is 0 Å². The molecule has 0 radical (unpaired) electrons. The van der Waals surface area contributed by atoms with Crippen molar-refractivity contribution in [2.24, 2.45) is 10.7 Å². The molecule has 1 fully saturated rings. The van der Waals surface area contributed by atoms with Crippen LogP contribution in [0.4, 0.5) is 24.5 Å². The second-order valence-corrected chi connectivity index (χ2v) is 8.14. The van der Waals surface area contributed by atoms with E-state index in [0.717, 1.165) is 11.6 Å². The lowest BCUT2D eigenvalue weighted by atomic mass is 10.2. The first-order chi connectivity index (χ1) is 16.1. The molecule has 5 N–H and O–H groups in total. The fourth-order valence-electron chi connectivity index (χ4n) is 3.17. The number of primary amides is 1. The number of rotatable bonds is 8. The molecular formula is C22H25ClFN6O4+. The average molecular weight is 492 g/mol. The number of hydrogen-bond donors (Lipinski definition) is 4. The van der Waals surface area contributed by atoms with Gasteiger partial charge in [-0.05, 0) is 43.7 Å². The minimum Gasteiger partial charge on any atom is -0.488 e. The maximum atomic E-state index is 14.4. The highest BCUT2D eigenvalue weighted by molar-refractivity contribution is 6.30. The third-order valence-corrected chi connectivity index (χ3v) is 4.95. The summed E-state index contributed by atoms with van der Waals surface area (Å²) < 4.78 is 19.8. The number of benzene rings is 2. The molecule has 2 aromatic rings. The summed E-state index contributed by atoms with van der Waals surface area (Å²) in [5, 5.41) is 5.46. The Morgan fingerprint density at radius 1 is 1.26 bits per heavy atom. The zero-order chi connectivity index (χ0) is 24.8. The third-order valence-electron chi connectivity index (χ3n) is 4.70. The van der Waals surface area contributed by atoms with Gasteiger partial charge in [-0.25, -0.2) is 34.0 Å². The minimum absolute atomic E-state index is 0.00755. The number of guanidine groups is 1. The second kappa shape index (κ2) is 10.9. The molecule has 0 bridgehead atoms. The molecule has 1 atom stereocenters. The number of aliphatic imine (C=N–C) groups is 1. The monoisotopic (exact) mass is 491 g/mol. The number of ether oxygens (including phenoxy) is 1. The normalized spacial score (nSPS) is 17.1. The number of carbonyl (C=O) groups is 3. The van der Waals surface area contributed by atoms with Gasteiger partial charge in [0, 0.05) is 11.1 Å². The summed E-state index contributed by atoms with van der Waals surface area (Å²) >= 11 is 5.95. The molecule has 1 saturated heterocycles. The molecule has 10 nitrogen and oxygen atoms in total. The van der Waals surface area contributed by atoms with Gasteiger partial charge in [0.05, 0.1) is 24.9 Å². The Balaban J connectivity index is 1.91. The number of nitrogens with zero attached hydrogens (tertiary/aromatic N) is 2. The number of amides is 6. The number of imide groups is 1. The fraction of sp³-hybridized carbons (Fsp3) is 0.273. The van der Waals surface area contributed by atoms with Gasteiger partial charge in [-0.3, -0.25) is 0 Å². The molecule has 12 heteroatoms. The molecule has 2 aromatic carbocycles. The van der Waals surface area contributed by atoms with E-state index in [1.54, 1.807) is 38.1 Å². The molecule has 0 spiro atoms. The van der Waals surface area contributed by atoms with Crippen LogP contribution in [0.1, 0.15) is 19.4 Å². The van der Waals surface area contributed by atoms with Crippen LogP contribution in [0.5, 0.6) is 5.75 Å². The van der Waals surface area contributed by atoms with E-state index >= 15 is 0 Å². The van der Waals surface area contributed by atoms with Gasteiger partial charge >= 0.3 is 18.1 Å². The number of nitrogens with one attached hydrogen (secondary N) is 3. The van der Waals surface area contributed by atoms with Crippen molar-refractivity contribution in [3.05, 3.63) is 58.9 Å². The first kappa shape index (κ1) is 24.9. The number of carbonyl (C=O) groups excluding carboxylic acids is 3. The van der Waals surface area contributed by atoms with E-state index in [-0.39, 0.29) is 48.0 Å². The van der Waals surface area contributed by atoms with Crippen molar-refractivity contribution in [1.82, 2.24) is 15.5 Å². The largest absolute Gasteiger partial charge is 0.488 e. The molecule has 1 unspecified atom stereocenters. The Morgan fingerprint density at radius 2 is 1.97 bits per heavy atom. The van der Waals surface area contributed by atoms with Crippen LogP contribution in [0.2, 0.25) is 5.02 Å². The fourth-order valence-corrected chi connectivity index (χ4v) is 3.30. The Kier molecular flexibility index (Phi) is 8.03. The predicted molar refractivity (Wildman–Crippen MR) is 124 cm³/mol. The molecular weight excluding hydrogens is 467 g/mol. The summed E-state index contributed by atoms with van der Waals surface area (Å²) in [6, 6.07) is 8.88. The molecule has 1 heterocycles. The SMILES string of the molecule is CC(C)Oc1ccc(N=C2NC(=O)[NH+](CCNC(N)=O)C(=O)N2Cc2ccc(Cl)cc2)cc1F. The smallest absolute Gasteiger partial charge is 0.433 e. The van der Waals surface area contributed by atoms with Gasteiger partial charge in [0.25, 0.3) is 0 Å². The van der Waals surface area contributed by atoms with Gasteiger partial charge in [0.1, 0.15) is 6.54 Å². The molecule has 1 aliphatic rings. The number of nitrogens with two attached hydrogens (primary N) is 1. The molecule has 0 aromatic heterocycles. The second-order valence-electron chi connectivity index (χ2n) is 7.71. The van der Waals surface area contributed by atoms with Crippen LogP contribution in [0, 0.1) is 5.82 Å². The maximum Gasteiger partial charge on any atom is 0.433 e.